The third-order valence-electron chi connectivity index (χ3n) is 6.99. The largest absolute Gasteiger partial charge is 0.323 e. The van der Waals surface area contributed by atoms with E-state index in [2.05, 4.69) is 58.7 Å². The number of carbonyl (C=O) groups excluding carboxylic acids is 1. The number of carbonyl (C=O) groups is 1. The number of nitrogens with one attached hydrogen (secondary N) is 1. The molecule has 1 atom stereocenters. The van der Waals surface area contributed by atoms with Crippen molar-refractivity contribution >= 4 is 34.8 Å². The highest BCUT2D eigenvalue weighted by Gasteiger charge is 2.36. The number of aromatic nitrogens is 1. The third-order valence-corrected chi connectivity index (χ3v) is 9.06. The number of benzene rings is 2. The lowest BCUT2D eigenvalue weighted by Crippen LogP contribution is -2.38. The third kappa shape index (κ3) is 3.96. The highest BCUT2D eigenvalue weighted by Crippen LogP contribution is 2.44. The van der Waals surface area contributed by atoms with Gasteiger partial charge < -0.3 is 14.8 Å². The smallest absolute Gasteiger partial charge is 0.310 e. The lowest BCUT2D eigenvalue weighted by atomic mass is 9.95. The van der Waals surface area contributed by atoms with E-state index in [4.69, 9.17) is 0 Å². The van der Waals surface area contributed by atoms with Crippen LogP contribution in [0.2, 0.25) is 0 Å². The SMILES string of the molecule is CSc1ccc([C@@H]2c3cccn3-c3sc4c(c3CN2C(=O)Nc2ccccc2F)CCCC4)cc1. The van der Waals surface area contributed by atoms with Crippen LogP contribution in [-0.4, -0.2) is 21.8 Å². The monoisotopic (exact) mass is 503 g/mol. The summed E-state index contributed by atoms with van der Waals surface area (Å²) >= 11 is 3.56. The van der Waals surface area contributed by atoms with Crippen LogP contribution in [0.5, 0.6) is 0 Å². The molecule has 6 rings (SSSR count). The number of halogens is 1. The highest BCUT2D eigenvalue weighted by molar-refractivity contribution is 7.98. The van der Waals surface area contributed by atoms with Crippen LogP contribution in [-0.2, 0) is 19.4 Å². The van der Waals surface area contributed by atoms with Gasteiger partial charge in [-0.2, -0.15) is 0 Å². The molecule has 0 unspecified atom stereocenters. The number of anilines is 1. The van der Waals surface area contributed by atoms with Gasteiger partial charge in [0.15, 0.2) is 0 Å². The molecule has 3 heterocycles. The lowest BCUT2D eigenvalue weighted by Gasteiger charge is -2.31. The lowest BCUT2D eigenvalue weighted by molar-refractivity contribution is 0.194. The first-order valence-electron chi connectivity index (χ1n) is 11.9. The Morgan fingerprint density at radius 1 is 1.03 bits per heavy atom. The van der Waals surface area contributed by atoms with E-state index in [0.29, 0.717) is 6.54 Å². The fourth-order valence-electron chi connectivity index (χ4n) is 5.27. The molecule has 0 radical (unpaired) electrons. The second kappa shape index (κ2) is 9.21. The molecule has 35 heavy (non-hydrogen) atoms. The van der Waals surface area contributed by atoms with Crippen molar-refractivity contribution in [2.24, 2.45) is 0 Å². The van der Waals surface area contributed by atoms with E-state index in [0.717, 1.165) is 24.1 Å². The zero-order valence-corrected chi connectivity index (χ0v) is 21.1. The summed E-state index contributed by atoms with van der Waals surface area (Å²) < 4.78 is 16.7. The van der Waals surface area contributed by atoms with Gasteiger partial charge in [0.1, 0.15) is 10.8 Å². The molecule has 1 N–H and O–H groups in total. The zero-order chi connectivity index (χ0) is 23.9. The molecule has 1 aliphatic heterocycles. The van der Waals surface area contributed by atoms with Crippen molar-refractivity contribution in [1.29, 1.82) is 0 Å². The summed E-state index contributed by atoms with van der Waals surface area (Å²) in [7, 11) is 0. The minimum absolute atomic E-state index is 0.196. The zero-order valence-electron chi connectivity index (χ0n) is 19.5. The Morgan fingerprint density at radius 2 is 1.83 bits per heavy atom. The standard InChI is InChI=1S/C28H26FN3OS2/c1-34-19-14-12-18(13-15-19)26-24-10-6-16-31(24)27-21(20-7-2-5-11-25(20)35-27)17-32(26)28(33)30-23-9-4-3-8-22(23)29/h3-4,6,8-10,12-16,26H,2,5,7,11,17H2,1H3,(H,30,33)/t26-/m1/s1. The van der Waals surface area contributed by atoms with Gasteiger partial charge in [0.2, 0.25) is 0 Å². The molecule has 7 heteroatoms. The quantitative estimate of drug-likeness (QED) is 0.296. The molecule has 0 bridgehead atoms. The van der Waals surface area contributed by atoms with Gasteiger partial charge in [0.25, 0.3) is 0 Å². The van der Waals surface area contributed by atoms with Gasteiger partial charge in [-0.25, -0.2) is 9.18 Å². The predicted octanol–water partition coefficient (Wildman–Crippen LogP) is 7.42. The number of aryl methyl sites for hydroxylation is 1. The van der Waals surface area contributed by atoms with Crippen LogP contribution in [0.4, 0.5) is 14.9 Å². The summed E-state index contributed by atoms with van der Waals surface area (Å²) in [5.74, 6) is -0.437. The van der Waals surface area contributed by atoms with E-state index in [1.807, 2.05) is 16.2 Å². The molecular weight excluding hydrogens is 477 g/mol. The Labute approximate surface area is 212 Å². The number of thioether (sulfide) groups is 1. The average Bonchev–Trinajstić information content (AvgIpc) is 3.47. The van der Waals surface area contributed by atoms with E-state index in [-0.39, 0.29) is 17.8 Å². The van der Waals surface area contributed by atoms with Crippen LogP contribution in [0.1, 0.15) is 46.1 Å². The Hall–Kier alpha value is -3.03. The van der Waals surface area contributed by atoms with Crippen LogP contribution in [0.25, 0.3) is 5.00 Å². The number of para-hydroxylation sites is 1. The summed E-state index contributed by atoms with van der Waals surface area (Å²) in [5, 5.41) is 4.07. The number of thiophene rings is 1. The van der Waals surface area contributed by atoms with Gasteiger partial charge in [0.05, 0.1) is 24.0 Å². The van der Waals surface area contributed by atoms with Crippen LogP contribution in [0.3, 0.4) is 0 Å². The van der Waals surface area contributed by atoms with Gasteiger partial charge in [-0.05, 0) is 79.5 Å². The van der Waals surface area contributed by atoms with Crippen molar-refractivity contribution in [2.75, 3.05) is 11.6 Å². The molecular formula is C28H26FN3OS2. The number of hydrogen-bond donors (Lipinski definition) is 1. The van der Waals surface area contributed by atoms with Gasteiger partial charge >= 0.3 is 6.03 Å². The van der Waals surface area contributed by atoms with Crippen molar-refractivity contribution in [1.82, 2.24) is 9.47 Å². The normalized spacial score (nSPS) is 16.7. The van der Waals surface area contributed by atoms with Crippen LogP contribution in [0, 0.1) is 5.82 Å². The average molecular weight is 504 g/mol. The number of amides is 2. The van der Waals surface area contributed by atoms with Gasteiger partial charge in [-0.1, -0.05) is 24.3 Å². The van der Waals surface area contributed by atoms with E-state index >= 15 is 0 Å². The number of nitrogens with zero attached hydrogens (tertiary/aromatic N) is 2. The Morgan fingerprint density at radius 3 is 2.63 bits per heavy atom. The van der Waals surface area contributed by atoms with Crippen LogP contribution in [0.15, 0.2) is 71.8 Å². The molecule has 4 aromatic rings. The first-order valence-corrected chi connectivity index (χ1v) is 14.0. The molecule has 2 aliphatic rings. The molecule has 2 amide bonds. The second-order valence-corrected chi connectivity index (χ2v) is 11.0. The molecule has 0 saturated carbocycles. The first-order chi connectivity index (χ1) is 17.1. The van der Waals surface area contributed by atoms with E-state index in [1.165, 1.54) is 44.8 Å². The number of hydrogen-bond acceptors (Lipinski definition) is 3. The van der Waals surface area contributed by atoms with Gasteiger partial charge in [-0.3, -0.25) is 0 Å². The number of rotatable bonds is 3. The Balaban J connectivity index is 1.50. The highest BCUT2D eigenvalue weighted by atomic mass is 32.2. The van der Waals surface area contributed by atoms with E-state index < -0.39 is 5.82 Å². The molecule has 0 saturated heterocycles. The van der Waals surface area contributed by atoms with Crippen LogP contribution < -0.4 is 5.32 Å². The molecule has 2 aromatic heterocycles. The fourth-order valence-corrected chi connectivity index (χ4v) is 7.09. The maximum atomic E-state index is 14.5. The predicted molar refractivity (Wildman–Crippen MR) is 141 cm³/mol. The van der Waals surface area contributed by atoms with Gasteiger partial charge in [0, 0.05) is 21.5 Å². The Bertz CT molecular complexity index is 1390. The molecule has 0 spiro atoms. The summed E-state index contributed by atoms with van der Waals surface area (Å²) in [6, 6.07) is 18.3. The van der Waals surface area contributed by atoms with Crippen LogP contribution >= 0.6 is 23.1 Å². The topological polar surface area (TPSA) is 37.3 Å². The fraction of sp³-hybridized carbons (Fsp3) is 0.250. The molecule has 4 nitrogen and oxygen atoms in total. The summed E-state index contributed by atoms with van der Waals surface area (Å²) in [6.07, 6.45) is 8.71. The van der Waals surface area contributed by atoms with E-state index in [1.54, 1.807) is 30.0 Å². The van der Waals surface area contributed by atoms with Crippen molar-refractivity contribution < 1.29 is 9.18 Å². The van der Waals surface area contributed by atoms with Crippen molar-refractivity contribution in [3.8, 4) is 5.00 Å². The maximum absolute atomic E-state index is 14.5. The number of urea groups is 1. The van der Waals surface area contributed by atoms with Gasteiger partial charge in [-0.15, -0.1) is 23.1 Å². The minimum atomic E-state index is -0.437. The number of fused-ring (bicyclic) bond motifs is 5. The summed E-state index contributed by atoms with van der Waals surface area (Å²) in [6.45, 7) is 0.484. The Kier molecular flexibility index (Phi) is 5.90. The molecule has 0 fully saturated rings. The minimum Gasteiger partial charge on any atom is -0.310 e. The van der Waals surface area contributed by atoms with Crippen molar-refractivity contribution in [3.63, 3.8) is 0 Å². The maximum Gasteiger partial charge on any atom is 0.323 e. The molecule has 178 valence electrons. The first kappa shape index (κ1) is 22.4. The molecule has 2 aromatic carbocycles. The second-order valence-electron chi connectivity index (χ2n) is 9.01. The summed E-state index contributed by atoms with van der Waals surface area (Å²) in [4.78, 5) is 18.3. The summed E-state index contributed by atoms with van der Waals surface area (Å²) in [5.41, 5.74) is 4.91. The van der Waals surface area contributed by atoms with E-state index in [9.17, 15) is 9.18 Å². The van der Waals surface area contributed by atoms with Crippen molar-refractivity contribution in [3.05, 3.63) is 99.9 Å². The molecule has 1 aliphatic carbocycles. The van der Waals surface area contributed by atoms with Crippen molar-refractivity contribution in [2.45, 2.75) is 43.2 Å².